The number of carbonyl (C=O) groups is 2. The minimum Gasteiger partial charge on any atom is -0.491 e. The van der Waals surface area contributed by atoms with Gasteiger partial charge in [-0.3, -0.25) is 14.3 Å². The molecule has 9 nitrogen and oxygen atoms in total. The van der Waals surface area contributed by atoms with E-state index in [1.165, 1.54) is 11.1 Å². The van der Waals surface area contributed by atoms with Crippen LogP contribution in [0.2, 0.25) is 5.02 Å². The molecule has 1 unspecified atom stereocenters. The number of nitrogens with zero attached hydrogens (tertiary/aromatic N) is 2. The van der Waals surface area contributed by atoms with E-state index in [2.05, 4.69) is 38.3 Å². The standard InChI is InChI=1S/C37H44ClN3O6S/c1-45-34-10-3-2-6-21-48(44,39-36(42)18-15-31-9-7-20-46-31)40-37(43)27-13-17-35-33(23-27)41(25-29-12-16-32(29)34)24-28-11-14-30(38)22-26(28)8-4-5-19-47-35/h3,7,9-11,13-14,17,20,22-23,29,32,34H,2,4-6,8,12,15-16,18-19,21,24-25H2,1H3,(H,39,40,42,43,44)/b10-3+/t29-,32+,34-,48?/m0/s1. The molecule has 256 valence electrons. The molecular weight excluding hydrogens is 650 g/mol. The van der Waals surface area contributed by atoms with E-state index in [4.69, 9.17) is 25.5 Å². The first-order valence-corrected chi connectivity index (χ1v) is 19.0. The molecule has 2 bridgehead atoms. The third kappa shape index (κ3) is 8.51. The molecule has 0 radical (unpaired) electrons. The van der Waals surface area contributed by atoms with Crippen molar-refractivity contribution in [2.24, 2.45) is 16.2 Å². The number of fused-ring (bicyclic) bond motifs is 3. The summed E-state index contributed by atoms with van der Waals surface area (Å²) in [5, 5.41) is 0.716. The summed E-state index contributed by atoms with van der Waals surface area (Å²) in [4.78, 5) is 29.1. The maximum atomic E-state index is 14.2. The predicted molar refractivity (Wildman–Crippen MR) is 188 cm³/mol. The van der Waals surface area contributed by atoms with Gasteiger partial charge in [-0.1, -0.05) is 29.8 Å². The van der Waals surface area contributed by atoms with E-state index < -0.39 is 21.7 Å². The van der Waals surface area contributed by atoms with Gasteiger partial charge in [0, 0.05) is 43.6 Å². The van der Waals surface area contributed by atoms with Gasteiger partial charge in [0.25, 0.3) is 5.91 Å². The minimum absolute atomic E-state index is 0.0405. The second kappa shape index (κ2) is 15.7. The number of furan rings is 1. The highest BCUT2D eigenvalue weighted by molar-refractivity contribution is 7.92. The van der Waals surface area contributed by atoms with Crippen LogP contribution in [0.3, 0.4) is 0 Å². The molecule has 1 fully saturated rings. The van der Waals surface area contributed by atoms with Crippen LogP contribution >= 0.6 is 11.6 Å². The molecule has 0 spiro atoms. The highest BCUT2D eigenvalue weighted by Crippen LogP contribution is 2.42. The van der Waals surface area contributed by atoms with Crippen molar-refractivity contribution in [3.63, 3.8) is 0 Å². The summed E-state index contributed by atoms with van der Waals surface area (Å²) in [5.41, 5.74) is 3.47. The zero-order valence-electron chi connectivity index (χ0n) is 27.4. The van der Waals surface area contributed by atoms with E-state index in [0.29, 0.717) is 60.8 Å². The topological polar surface area (TPSA) is 110 Å². The molecule has 2 aromatic carbocycles. The number of carbonyl (C=O) groups excluding carboxylic acids is 2. The summed E-state index contributed by atoms with van der Waals surface area (Å²) < 4.78 is 38.7. The smallest absolute Gasteiger partial charge is 0.286 e. The van der Waals surface area contributed by atoms with E-state index in [1.54, 1.807) is 37.6 Å². The first-order valence-electron chi connectivity index (χ1n) is 16.9. The van der Waals surface area contributed by atoms with Crippen LogP contribution in [0.1, 0.15) is 72.2 Å². The van der Waals surface area contributed by atoms with Gasteiger partial charge in [0.05, 0.1) is 30.4 Å². The molecule has 3 heterocycles. The summed E-state index contributed by atoms with van der Waals surface area (Å²) >= 11 is 6.45. The second-order valence-electron chi connectivity index (χ2n) is 12.9. The number of nitrogens with one attached hydrogen (secondary N) is 1. The van der Waals surface area contributed by atoms with Crippen LogP contribution < -0.4 is 14.4 Å². The number of ether oxygens (including phenoxy) is 2. The fraction of sp³-hybridized carbons (Fsp3) is 0.459. The number of halogens is 1. The van der Waals surface area contributed by atoms with Gasteiger partial charge < -0.3 is 18.8 Å². The second-order valence-corrected chi connectivity index (χ2v) is 15.4. The zero-order valence-corrected chi connectivity index (χ0v) is 29.0. The summed E-state index contributed by atoms with van der Waals surface area (Å²) in [6.45, 7) is 1.89. The van der Waals surface area contributed by atoms with E-state index in [1.807, 2.05) is 12.1 Å². The average Bonchev–Trinajstić information content (AvgIpc) is 3.57. The van der Waals surface area contributed by atoms with Crippen molar-refractivity contribution in [2.45, 2.75) is 70.4 Å². The highest BCUT2D eigenvalue weighted by Gasteiger charge is 2.38. The van der Waals surface area contributed by atoms with Crippen LogP contribution in [0.5, 0.6) is 5.75 Å². The normalized spacial score (nSPS) is 25.6. The van der Waals surface area contributed by atoms with Crippen molar-refractivity contribution in [1.29, 1.82) is 0 Å². The van der Waals surface area contributed by atoms with Gasteiger partial charge in [0.1, 0.15) is 21.4 Å². The van der Waals surface area contributed by atoms with Crippen molar-refractivity contribution < 1.29 is 27.7 Å². The molecule has 1 N–H and O–H groups in total. The molecule has 3 aromatic rings. The van der Waals surface area contributed by atoms with Gasteiger partial charge in [-0.05, 0) is 110 Å². The Kier molecular flexibility index (Phi) is 11.2. The third-order valence-electron chi connectivity index (χ3n) is 9.60. The summed E-state index contributed by atoms with van der Waals surface area (Å²) in [5.74, 6) is 1.00. The Morgan fingerprint density at radius 3 is 2.81 bits per heavy atom. The van der Waals surface area contributed by atoms with Gasteiger partial charge >= 0.3 is 0 Å². The van der Waals surface area contributed by atoms with Gasteiger partial charge in [-0.25, -0.2) is 4.21 Å². The minimum atomic E-state index is -3.42. The van der Waals surface area contributed by atoms with E-state index in [9.17, 15) is 13.8 Å². The van der Waals surface area contributed by atoms with Crippen molar-refractivity contribution in [3.05, 3.63) is 94.4 Å². The summed E-state index contributed by atoms with van der Waals surface area (Å²) in [6, 6.07) is 14.9. The number of allylic oxidation sites excluding steroid dienone is 1. The SMILES string of the molecule is CO[C@H]1/C=C/CCCS(=O)(NC(=O)CCc2ccco2)=NC(=O)c2ccc3c(c2)N(Cc2ccc(Cl)cc2CCCCO3)C[C@@H]2CC[C@H]21. The molecule has 11 heteroatoms. The number of methoxy groups -OCH3 is 1. The van der Waals surface area contributed by atoms with Gasteiger partial charge in [-0.2, -0.15) is 0 Å². The molecule has 0 saturated heterocycles. The molecule has 6 rings (SSSR count). The van der Waals surface area contributed by atoms with Crippen molar-refractivity contribution in [2.75, 3.05) is 30.9 Å². The number of rotatable bonds is 5. The number of hydrogen-bond acceptors (Lipinski definition) is 7. The maximum Gasteiger partial charge on any atom is 0.286 e. The van der Waals surface area contributed by atoms with Crippen molar-refractivity contribution in [3.8, 4) is 5.75 Å². The first-order chi connectivity index (χ1) is 23.3. The number of anilines is 1. The van der Waals surface area contributed by atoms with Gasteiger partial charge in [0.15, 0.2) is 0 Å². The Hall–Kier alpha value is -3.60. The van der Waals surface area contributed by atoms with E-state index >= 15 is 0 Å². The van der Waals surface area contributed by atoms with Crippen molar-refractivity contribution in [1.82, 2.24) is 4.72 Å². The molecule has 3 aliphatic rings. The van der Waals surface area contributed by atoms with Crippen LogP contribution in [-0.4, -0.2) is 48.1 Å². The van der Waals surface area contributed by atoms with Gasteiger partial charge in [0.2, 0.25) is 5.91 Å². The molecule has 1 aromatic heterocycles. The maximum absolute atomic E-state index is 14.2. The Bertz CT molecular complexity index is 1750. The average molecular weight is 694 g/mol. The van der Waals surface area contributed by atoms with Crippen LogP contribution in [0.4, 0.5) is 5.69 Å². The molecule has 48 heavy (non-hydrogen) atoms. The molecule has 1 saturated carbocycles. The first kappa shape index (κ1) is 34.3. The Morgan fingerprint density at radius 2 is 2.02 bits per heavy atom. The number of hydrogen-bond donors (Lipinski definition) is 1. The lowest BCUT2D eigenvalue weighted by Crippen LogP contribution is -2.43. The molecular formula is C37H44ClN3O6S. The summed E-state index contributed by atoms with van der Waals surface area (Å²) in [7, 11) is -1.67. The number of aryl methyl sites for hydroxylation is 2. The molecule has 1 aliphatic carbocycles. The van der Waals surface area contributed by atoms with Crippen LogP contribution in [-0.2, 0) is 38.8 Å². The zero-order chi connectivity index (χ0) is 33.5. The largest absolute Gasteiger partial charge is 0.491 e. The quantitative estimate of drug-likeness (QED) is 0.279. The lowest BCUT2D eigenvalue weighted by molar-refractivity contribution is -0.119. The molecule has 2 amide bonds. The van der Waals surface area contributed by atoms with Gasteiger partial charge in [-0.15, -0.1) is 4.36 Å². The van der Waals surface area contributed by atoms with E-state index in [0.717, 1.165) is 44.3 Å². The Labute approximate surface area is 288 Å². The fourth-order valence-electron chi connectivity index (χ4n) is 6.84. The van der Waals surface area contributed by atoms with Crippen LogP contribution in [0.15, 0.2) is 75.7 Å². The molecule has 4 atom stereocenters. The predicted octanol–water partition coefficient (Wildman–Crippen LogP) is 7.32. The van der Waals surface area contributed by atoms with Crippen LogP contribution in [0, 0.1) is 11.8 Å². The number of benzene rings is 2. The fourth-order valence-corrected chi connectivity index (χ4v) is 8.66. The van der Waals surface area contributed by atoms with E-state index in [-0.39, 0.29) is 23.8 Å². The Morgan fingerprint density at radius 1 is 1.12 bits per heavy atom. The highest BCUT2D eigenvalue weighted by atomic mass is 35.5. The molecule has 2 aliphatic heterocycles. The van der Waals surface area contributed by atoms with Crippen molar-refractivity contribution >= 4 is 39.0 Å². The van der Waals surface area contributed by atoms with Crippen LogP contribution in [0.25, 0.3) is 0 Å². The number of amides is 2. The lowest BCUT2D eigenvalue weighted by Gasteiger charge is -2.43. The third-order valence-corrected chi connectivity index (χ3v) is 11.7. The Balaban J connectivity index is 1.39. The monoisotopic (exact) mass is 693 g/mol. The lowest BCUT2D eigenvalue weighted by atomic mass is 9.70. The summed E-state index contributed by atoms with van der Waals surface area (Å²) in [6.07, 6.45) is 12.0.